The van der Waals surface area contributed by atoms with Crippen LogP contribution in [-0.2, 0) is 0 Å². The second-order valence-electron chi connectivity index (χ2n) is 8.02. The smallest absolute Gasteiger partial charge is 0.316 e. The van der Waals surface area contributed by atoms with Crippen LogP contribution < -0.4 is 16.2 Å². The number of fused-ring (bicyclic) bond motifs is 3. The maximum absolute atomic E-state index is 12.2. The van der Waals surface area contributed by atoms with E-state index in [1.54, 1.807) is 24.4 Å². The number of pyridine rings is 1. The topological polar surface area (TPSA) is 160 Å². The van der Waals surface area contributed by atoms with Crippen LogP contribution in [-0.4, -0.2) is 63.2 Å². The van der Waals surface area contributed by atoms with E-state index in [9.17, 15) is 4.79 Å². The van der Waals surface area contributed by atoms with Gasteiger partial charge in [0.25, 0.3) is 5.91 Å². The number of amides is 1. The van der Waals surface area contributed by atoms with Gasteiger partial charge in [-0.05, 0) is 50.2 Å². The first-order valence-corrected chi connectivity index (χ1v) is 10.8. The lowest BCUT2D eigenvalue weighted by Crippen LogP contribution is -2.25. The maximum Gasteiger partial charge on any atom is 0.316 e. The Morgan fingerprint density at radius 3 is 2.79 bits per heavy atom. The van der Waals surface area contributed by atoms with Gasteiger partial charge in [-0.15, -0.1) is 0 Å². The molecule has 0 unspecified atom stereocenters. The van der Waals surface area contributed by atoms with E-state index in [0.717, 1.165) is 30.5 Å². The number of H-pyrrole nitrogens is 1. The van der Waals surface area contributed by atoms with Gasteiger partial charge in [-0.1, -0.05) is 0 Å². The fourth-order valence-electron chi connectivity index (χ4n) is 4.32. The summed E-state index contributed by atoms with van der Waals surface area (Å²) in [4.78, 5) is 31.0. The third-order valence-electron chi connectivity index (χ3n) is 5.94. The second-order valence-corrected chi connectivity index (χ2v) is 8.02. The summed E-state index contributed by atoms with van der Waals surface area (Å²) in [5.74, 6) is -0.672. The van der Waals surface area contributed by atoms with E-state index in [0.29, 0.717) is 40.1 Å². The third kappa shape index (κ3) is 3.85. The van der Waals surface area contributed by atoms with Gasteiger partial charge >= 0.3 is 6.01 Å². The molecule has 1 saturated heterocycles. The van der Waals surface area contributed by atoms with Crippen molar-refractivity contribution in [2.45, 2.75) is 12.8 Å². The van der Waals surface area contributed by atoms with Crippen molar-refractivity contribution in [3.63, 3.8) is 0 Å². The quantitative estimate of drug-likeness (QED) is 0.251. The molecule has 5 rings (SSSR count). The molecule has 1 aliphatic heterocycles. The van der Waals surface area contributed by atoms with Gasteiger partial charge in [-0.25, -0.2) is 9.97 Å². The van der Waals surface area contributed by atoms with Crippen molar-refractivity contribution in [1.82, 2.24) is 24.8 Å². The number of nitrogens with one attached hydrogen (secondary N) is 2. The monoisotopic (exact) mass is 444 g/mol. The molecule has 10 heteroatoms. The molecule has 6 N–H and O–H groups in total. The molecule has 0 saturated carbocycles. The Hall–Kier alpha value is -4.05. The van der Waals surface area contributed by atoms with Crippen LogP contribution in [0.5, 0.6) is 6.01 Å². The normalized spacial score (nSPS) is 14.2. The van der Waals surface area contributed by atoms with Crippen LogP contribution in [0.2, 0.25) is 0 Å². The zero-order valence-corrected chi connectivity index (χ0v) is 18.0. The van der Waals surface area contributed by atoms with Crippen LogP contribution in [0.4, 0.5) is 5.69 Å². The second kappa shape index (κ2) is 8.47. The molecule has 1 aliphatic rings. The highest BCUT2D eigenvalue weighted by molar-refractivity contribution is 6.20. The average Bonchev–Trinajstić information content (AvgIpc) is 3.46. The standard InChI is InChI=1S/C23H24N8O2/c24-12-14-15(25)3-4-17-19(14)13-11-18(29-21(22(26)32)20(13)28-17)16-5-6-27-23(30-16)33-10-9-31-7-1-2-8-31/h3-6,11-12,24,28H,1-2,7-10,25H2,(H2,26,32). The van der Waals surface area contributed by atoms with Crippen LogP contribution in [0.3, 0.4) is 0 Å². The number of benzene rings is 1. The summed E-state index contributed by atoms with van der Waals surface area (Å²) in [6, 6.07) is 7.28. The maximum atomic E-state index is 12.2. The molecule has 10 nitrogen and oxygen atoms in total. The lowest BCUT2D eigenvalue weighted by atomic mass is 10.0. The van der Waals surface area contributed by atoms with Crippen LogP contribution in [0.15, 0.2) is 30.5 Å². The van der Waals surface area contributed by atoms with Gasteiger partial charge in [0.05, 0.1) is 16.9 Å². The van der Waals surface area contributed by atoms with Gasteiger partial charge in [-0.3, -0.25) is 9.69 Å². The predicted molar refractivity (Wildman–Crippen MR) is 127 cm³/mol. The van der Waals surface area contributed by atoms with E-state index >= 15 is 0 Å². The van der Waals surface area contributed by atoms with Crippen molar-refractivity contribution in [3.8, 4) is 17.4 Å². The van der Waals surface area contributed by atoms with E-state index < -0.39 is 5.91 Å². The Kier molecular flexibility index (Phi) is 5.35. The summed E-state index contributed by atoms with van der Waals surface area (Å²) in [5.41, 5.74) is 15.0. The molecule has 4 aromatic rings. The Balaban J connectivity index is 1.56. The van der Waals surface area contributed by atoms with E-state index in [-0.39, 0.29) is 11.7 Å². The van der Waals surface area contributed by atoms with Gasteiger partial charge in [0.15, 0.2) is 5.69 Å². The van der Waals surface area contributed by atoms with Gasteiger partial charge < -0.3 is 26.6 Å². The van der Waals surface area contributed by atoms with Gasteiger partial charge in [0.2, 0.25) is 0 Å². The molecule has 0 spiro atoms. The first kappa shape index (κ1) is 20.8. The summed E-state index contributed by atoms with van der Waals surface area (Å²) < 4.78 is 5.77. The van der Waals surface area contributed by atoms with Crippen molar-refractivity contribution in [2.24, 2.45) is 5.73 Å². The molecule has 0 atom stereocenters. The summed E-state index contributed by atoms with van der Waals surface area (Å²) in [6.45, 7) is 3.51. The lowest BCUT2D eigenvalue weighted by Gasteiger charge is -2.14. The number of hydrogen-bond donors (Lipinski definition) is 4. The molecule has 33 heavy (non-hydrogen) atoms. The molecular formula is C23H24N8O2. The summed E-state index contributed by atoms with van der Waals surface area (Å²) >= 11 is 0. The van der Waals surface area contributed by atoms with Gasteiger partial charge in [0.1, 0.15) is 6.61 Å². The van der Waals surface area contributed by atoms with Crippen LogP contribution >= 0.6 is 0 Å². The zero-order chi connectivity index (χ0) is 22.9. The molecule has 1 fully saturated rings. The number of aromatic amines is 1. The first-order chi connectivity index (χ1) is 16.0. The highest BCUT2D eigenvalue weighted by Gasteiger charge is 2.19. The first-order valence-electron chi connectivity index (χ1n) is 10.8. The van der Waals surface area contributed by atoms with Crippen molar-refractivity contribution in [3.05, 3.63) is 41.7 Å². The fraction of sp³-hybridized carbons (Fsp3) is 0.261. The Bertz CT molecular complexity index is 1370. The number of carbonyl (C=O) groups is 1. The highest BCUT2D eigenvalue weighted by Crippen LogP contribution is 2.34. The molecule has 1 amide bonds. The number of nitrogens with two attached hydrogens (primary N) is 2. The van der Waals surface area contributed by atoms with Crippen LogP contribution in [0.25, 0.3) is 33.2 Å². The largest absolute Gasteiger partial charge is 0.462 e. The number of nitrogen functional groups attached to an aromatic ring is 1. The number of carbonyl (C=O) groups excluding carboxylic acids is 1. The number of likely N-dealkylation sites (tertiary alicyclic amines) is 1. The summed E-state index contributed by atoms with van der Waals surface area (Å²) in [5, 5.41) is 9.23. The molecule has 168 valence electrons. The van der Waals surface area contributed by atoms with E-state index in [4.69, 9.17) is 21.6 Å². The number of primary amides is 1. The Labute approximate surface area is 189 Å². The molecule has 1 aromatic carbocycles. The third-order valence-corrected chi connectivity index (χ3v) is 5.94. The summed E-state index contributed by atoms with van der Waals surface area (Å²) in [7, 11) is 0. The molecule has 0 aliphatic carbocycles. The molecule has 3 aromatic heterocycles. The van der Waals surface area contributed by atoms with Gasteiger partial charge in [-0.2, -0.15) is 4.98 Å². The van der Waals surface area contributed by atoms with Crippen molar-refractivity contribution >= 4 is 39.6 Å². The average molecular weight is 444 g/mol. The number of rotatable bonds is 7. The number of anilines is 1. The van der Waals surface area contributed by atoms with E-state index in [2.05, 4.69) is 24.8 Å². The zero-order valence-electron chi connectivity index (χ0n) is 18.0. The minimum atomic E-state index is -0.672. The van der Waals surface area contributed by atoms with Gasteiger partial charge in [0, 0.05) is 46.5 Å². The van der Waals surface area contributed by atoms with E-state index in [1.165, 1.54) is 19.1 Å². The SMILES string of the molecule is N=Cc1c(N)ccc2[nH]c3c(C(N)=O)nc(-c4ccnc(OCCN5CCCC5)n4)cc3c12. The van der Waals surface area contributed by atoms with Crippen LogP contribution in [0.1, 0.15) is 28.9 Å². The number of hydrogen-bond acceptors (Lipinski definition) is 8. The molecular weight excluding hydrogens is 420 g/mol. The lowest BCUT2D eigenvalue weighted by molar-refractivity contribution is 0.0997. The number of aromatic nitrogens is 4. The number of ether oxygens (including phenoxy) is 1. The van der Waals surface area contributed by atoms with Crippen molar-refractivity contribution in [2.75, 3.05) is 32.0 Å². The predicted octanol–water partition coefficient (Wildman–Crippen LogP) is 2.33. The van der Waals surface area contributed by atoms with Crippen molar-refractivity contribution < 1.29 is 9.53 Å². The molecule has 0 radical (unpaired) electrons. The minimum Gasteiger partial charge on any atom is -0.462 e. The Morgan fingerprint density at radius 1 is 1.21 bits per heavy atom. The summed E-state index contributed by atoms with van der Waals surface area (Å²) in [6.07, 6.45) is 5.24. The Morgan fingerprint density at radius 2 is 2.03 bits per heavy atom. The molecule has 4 heterocycles. The van der Waals surface area contributed by atoms with Crippen molar-refractivity contribution in [1.29, 1.82) is 5.41 Å². The van der Waals surface area contributed by atoms with E-state index in [1.807, 2.05) is 6.07 Å². The fourth-order valence-corrected chi connectivity index (χ4v) is 4.32. The highest BCUT2D eigenvalue weighted by atomic mass is 16.5. The minimum absolute atomic E-state index is 0.0864. The molecule has 0 bridgehead atoms. The van der Waals surface area contributed by atoms with Crippen LogP contribution in [0, 0.1) is 5.41 Å². The number of nitrogens with zero attached hydrogens (tertiary/aromatic N) is 4.